The maximum absolute atomic E-state index is 12.9. The summed E-state index contributed by atoms with van der Waals surface area (Å²) in [6.07, 6.45) is 6.62. The minimum absolute atomic E-state index is 0.00429. The Labute approximate surface area is 197 Å². The van der Waals surface area contributed by atoms with Crippen molar-refractivity contribution in [3.8, 4) is 5.75 Å². The molecule has 2 aliphatic carbocycles. The Hall–Kier alpha value is -2.53. The summed E-state index contributed by atoms with van der Waals surface area (Å²) in [5.74, 6) is 1.79. The largest absolute Gasteiger partial charge is 0.508 e. The topological polar surface area (TPSA) is 53.0 Å². The fourth-order valence-electron chi connectivity index (χ4n) is 6.14. The highest BCUT2D eigenvalue weighted by atomic mass is 16.6. The lowest BCUT2D eigenvalue weighted by molar-refractivity contribution is 0.0139. The molecule has 1 heterocycles. The molecule has 0 unspecified atom stereocenters. The van der Waals surface area contributed by atoms with Crippen LogP contribution in [0.25, 0.3) is 0 Å². The van der Waals surface area contributed by atoms with E-state index in [-0.39, 0.29) is 17.6 Å². The molecule has 0 aromatic heterocycles. The first-order chi connectivity index (χ1) is 16.0. The summed E-state index contributed by atoms with van der Waals surface area (Å²) in [5.41, 5.74) is 2.23. The number of carbonyl (C=O) groups excluding carboxylic acids is 1. The van der Waals surface area contributed by atoms with Crippen LogP contribution in [0, 0.1) is 11.8 Å². The van der Waals surface area contributed by atoms with Gasteiger partial charge < -0.3 is 19.6 Å². The molecule has 5 heteroatoms. The highest BCUT2D eigenvalue weighted by molar-refractivity contribution is 5.67. The second-order valence-corrected chi connectivity index (χ2v) is 10.4. The molecule has 33 heavy (non-hydrogen) atoms. The van der Waals surface area contributed by atoms with E-state index in [1.54, 1.807) is 6.07 Å². The monoisotopic (exact) mass is 448 g/mol. The molecule has 1 N–H and O–H groups in total. The number of amides is 1. The predicted octanol–water partition coefficient (Wildman–Crippen LogP) is 5.18. The fourth-order valence-corrected chi connectivity index (χ4v) is 6.14. The van der Waals surface area contributed by atoms with E-state index in [1.165, 1.54) is 24.9 Å². The Morgan fingerprint density at radius 2 is 1.94 bits per heavy atom. The van der Waals surface area contributed by atoms with Gasteiger partial charge in [-0.15, -0.1) is 0 Å². The SMILES string of the molecule is CN(C(=O)OCc1ccccc1)[C@H]1CC[C@@H]2CN(CC3CC3)CC[C@@]2(c2cccc(O)c2)C1. The number of hydrogen-bond acceptors (Lipinski definition) is 4. The molecule has 1 saturated heterocycles. The van der Waals surface area contributed by atoms with Gasteiger partial charge in [-0.2, -0.15) is 0 Å². The summed E-state index contributed by atoms with van der Waals surface area (Å²) in [7, 11) is 1.89. The van der Waals surface area contributed by atoms with E-state index in [0.29, 0.717) is 18.3 Å². The Balaban J connectivity index is 1.31. The van der Waals surface area contributed by atoms with Crippen LogP contribution >= 0.6 is 0 Å². The van der Waals surface area contributed by atoms with Gasteiger partial charge in [-0.25, -0.2) is 4.79 Å². The van der Waals surface area contributed by atoms with E-state index in [0.717, 1.165) is 50.3 Å². The maximum atomic E-state index is 12.9. The third-order valence-electron chi connectivity index (χ3n) is 8.26. The Bertz CT molecular complexity index is 961. The zero-order valence-electron chi connectivity index (χ0n) is 19.7. The van der Waals surface area contributed by atoms with Gasteiger partial charge >= 0.3 is 6.09 Å². The molecule has 3 fully saturated rings. The molecule has 0 spiro atoms. The lowest BCUT2D eigenvalue weighted by Gasteiger charge is -2.54. The average Bonchev–Trinajstić information content (AvgIpc) is 3.66. The Morgan fingerprint density at radius 1 is 1.12 bits per heavy atom. The lowest BCUT2D eigenvalue weighted by atomic mass is 9.58. The number of likely N-dealkylation sites (tertiary alicyclic amines) is 1. The molecule has 5 rings (SSSR count). The molecule has 176 valence electrons. The van der Waals surface area contributed by atoms with Gasteiger partial charge in [-0.3, -0.25) is 0 Å². The van der Waals surface area contributed by atoms with Crippen molar-refractivity contribution < 1.29 is 14.6 Å². The zero-order valence-corrected chi connectivity index (χ0v) is 19.7. The Kier molecular flexibility index (Phi) is 6.33. The van der Waals surface area contributed by atoms with Gasteiger partial charge in [0.05, 0.1) is 0 Å². The van der Waals surface area contributed by atoms with Crippen LogP contribution in [0.5, 0.6) is 5.75 Å². The number of rotatable bonds is 6. The van der Waals surface area contributed by atoms with Gasteiger partial charge in [0.1, 0.15) is 12.4 Å². The summed E-state index contributed by atoms with van der Waals surface area (Å²) in [4.78, 5) is 17.4. The fraction of sp³-hybridized carbons (Fsp3) is 0.536. The molecule has 2 saturated carbocycles. The molecular formula is C28H36N2O3. The van der Waals surface area contributed by atoms with Crippen molar-refractivity contribution in [3.63, 3.8) is 0 Å². The number of piperidine rings is 1. The molecule has 3 aliphatic rings. The van der Waals surface area contributed by atoms with Crippen LogP contribution in [0.2, 0.25) is 0 Å². The molecule has 2 aromatic rings. The van der Waals surface area contributed by atoms with Gasteiger partial charge in [-0.1, -0.05) is 42.5 Å². The highest BCUT2D eigenvalue weighted by Crippen LogP contribution is 2.51. The summed E-state index contributed by atoms with van der Waals surface area (Å²) in [6, 6.07) is 17.8. The van der Waals surface area contributed by atoms with Crippen molar-refractivity contribution in [2.24, 2.45) is 11.8 Å². The van der Waals surface area contributed by atoms with Gasteiger partial charge in [0.15, 0.2) is 0 Å². The summed E-state index contributed by atoms with van der Waals surface area (Å²) >= 11 is 0. The van der Waals surface area contributed by atoms with Crippen molar-refractivity contribution in [1.82, 2.24) is 9.80 Å². The van der Waals surface area contributed by atoms with Crippen LogP contribution in [0.3, 0.4) is 0 Å². The van der Waals surface area contributed by atoms with Gasteiger partial charge in [0.25, 0.3) is 0 Å². The van der Waals surface area contributed by atoms with Gasteiger partial charge in [0.2, 0.25) is 0 Å². The van der Waals surface area contributed by atoms with Crippen molar-refractivity contribution in [1.29, 1.82) is 0 Å². The number of aromatic hydroxyl groups is 1. The van der Waals surface area contributed by atoms with Crippen LogP contribution < -0.4 is 0 Å². The minimum atomic E-state index is -0.250. The molecule has 1 aliphatic heterocycles. The van der Waals surface area contributed by atoms with Gasteiger partial charge in [-0.05, 0) is 80.2 Å². The Morgan fingerprint density at radius 3 is 2.70 bits per heavy atom. The van der Waals surface area contributed by atoms with Gasteiger partial charge in [0, 0.05) is 31.6 Å². The summed E-state index contributed by atoms with van der Waals surface area (Å²) < 4.78 is 5.64. The smallest absolute Gasteiger partial charge is 0.410 e. The van der Waals surface area contributed by atoms with Crippen LogP contribution in [-0.2, 0) is 16.8 Å². The van der Waals surface area contributed by atoms with E-state index in [9.17, 15) is 9.90 Å². The number of carbonyl (C=O) groups is 1. The number of fused-ring (bicyclic) bond motifs is 1. The van der Waals surface area contributed by atoms with Crippen molar-refractivity contribution >= 4 is 6.09 Å². The van der Waals surface area contributed by atoms with E-state index >= 15 is 0 Å². The first-order valence-corrected chi connectivity index (χ1v) is 12.5. The van der Waals surface area contributed by atoms with Crippen LogP contribution in [0.15, 0.2) is 54.6 Å². The van der Waals surface area contributed by atoms with Crippen LogP contribution in [0.1, 0.15) is 49.7 Å². The highest BCUT2D eigenvalue weighted by Gasteiger charge is 2.49. The zero-order chi connectivity index (χ0) is 22.8. The van der Waals surface area contributed by atoms with Crippen molar-refractivity contribution in [3.05, 3.63) is 65.7 Å². The third-order valence-corrected chi connectivity index (χ3v) is 8.26. The number of hydrogen-bond donors (Lipinski definition) is 1. The van der Waals surface area contributed by atoms with Crippen molar-refractivity contribution in [2.45, 2.75) is 56.6 Å². The molecule has 5 nitrogen and oxygen atoms in total. The number of nitrogens with zero attached hydrogens (tertiary/aromatic N) is 2. The number of benzene rings is 2. The third kappa shape index (κ3) is 4.89. The standard InChI is InChI=1S/C28H36N2O3/c1-29(27(32)33-20-22-6-3-2-4-7-22)25-13-12-24-19-30(18-21-10-11-21)15-14-28(24,17-25)23-8-5-9-26(31)16-23/h2-9,16,21,24-25,31H,10-15,17-20H2,1H3/t24-,25+,28+/m1/s1. The molecule has 0 bridgehead atoms. The van der Waals surface area contributed by atoms with E-state index < -0.39 is 0 Å². The number of phenols is 1. The van der Waals surface area contributed by atoms with E-state index in [1.807, 2.05) is 54.4 Å². The second-order valence-electron chi connectivity index (χ2n) is 10.4. The number of ether oxygens (including phenoxy) is 1. The normalized spacial score (nSPS) is 27.5. The molecule has 1 amide bonds. The quantitative estimate of drug-likeness (QED) is 0.661. The van der Waals surface area contributed by atoms with Crippen molar-refractivity contribution in [2.75, 3.05) is 26.7 Å². The van der Waals surface area contributed by atoms with Crippen LogP contribution in [-0.4, -0.2) is 53.7 Å². The van der Waals surface area contributed by atoms with E-state index in [2.05, 4.69) is 11.0 Å². The maximum Gasteiger partial charge on any atom is 0.410 e. The summed E-state index contributed by atoms with van der Waals surface area (Å²) in [5, 5.41) is 10.3. The average molecular weight is 449 g/mol. The minimum Gasteiger partial charge on any atom is -0.508 e. The number of phenolic OH excluding ortho intramolecular Hbond substituents is 1. The van der Waals surface area contributed by atoms with E-state index in [4.69, 9.17) is 4.74 Å². The molecule has 3 atom stereocenters. The first-order valence-electron chi connectivity index (χ1n) is 12.5. The molecule has 2 aromatic carbocycles. The summed E-state index contributed by atoms with van der Waals surface area (Å²) in [6.45, 7) is 3.76. The first kappa shape index (κ1) is 22.3. The second kappa shape index (κ2) is 9.38. The van der Waals surface area contributed by atoms with Crippen LogP contribution in [0.4, 0.5) is 4.79 Å². The predicted molar refractivity (Wildman–Crippen MR) is 129 cm³/mol. The molecule has 0 radical (unpaired) electrons. The lowest BCUT2D eigenvalue weighted by Crippen LogP contribution is -2.56. The molecular weight excluding hydrogens is 412 g/mol.